The summed E-state index contributed by atoms with van der Waals surface area (Å²) < 4.78 is 0. The van der Waals surface area contributed by atoms with Crippen molar-refractivity contribution in [3.8, 4) is 0 Å². The molecule has 0 atom stereocenters. The van der Waals surface area contributed by atoms with E-state index < -0.39 is 0 Å². The maximum absolute atomic E-state index is 2.59. The average Bonchev–Trinajstić information content (AvgIpc) is 2.50. The minimum Gasteiger partial charge on any atom is -0.299 e. The molecule has 1 heterocycles. The summed E-state index contributed by atoms with van der Waals surface area (Å²) in [6, 6.07) is 19.7. The lowest BCUT2D eigenvalue weighted by molar-refractivity contribution is 0.204. The molecule has 0 N–H and O–H groups in total. The van der Waals surface area contributed by atoms with Crippen LogP contribution in [0.25, 0.3) is 0 Å². The zero-order valence-corrected chi connectivity index (χ0v) is 12.3. The first-order valence-electron chi connectivity index (χ1n) is 7.65. The highest BCUT2D eigenvalue weighted by Crippen LogP contribution is 2.30. The number of aryl methyl sites for hydroxylation is 1. The monoisotopic (exact) mass is 265 g/mol. The van der Waals surface area contributed by atoms with Gasteiger partial charge in [0.25, 0.3) is 0 Å². The van der Waals surface area contributed by atoms with E-state index in [1.807, 2.05) is 0 Å². The van der Waals surface area contributed by atoms with E-state index in [4.69, 9.17) is 0 Å². The highest BCUT2D eigenvalue weighted by molar-refractivity contribution is 5.29. The van der Waals surface area contributed by atoms with Crippen LogP contribution in [0.4, 0.5) is 0 Å². The molecule has 1 aliphatic rings. The molecule has 0 unspecified atom stereocenters. The van der Waals surface area contributed by atoms with Gasteiger partial charge in [0.2, 0.25) is 0 Å². The van der Waals surface area contributed by atoms with Crippen molar-refractivity contribution in [3.05, 3.63) is 71.3 Å². The SMILES string of the molecule is Cc1ccccc1C1CCN(Cc2ccccc2)CC1. The lowest BCUT2D eigenvalue weighted by Gasteiger charge is -2.32. The van der Waals surface area contributed by atoms with Gasteiger partial charge in [0.1, 0.15) is 0 Å². The summed E-state index contributed by atoms with van der Waals surface area (Å²) in [5, 5.41) is 0. The zero-order valence-electron chi connectivity index (χ0n) is 12.3. The van der Waals surface area contributed by atoms with Crippen molar-refractivity contribution in [3.63, 3.8) is 0 Å². The van der Waals surface area contributed by atoms with Gasteiger partial charge in [-0.2, -0.15) is 0 Å². The number of nitrogens with zero attached hydrogens (tertiary/aromatic N) is 1. The molecule has 0 radical (unpaired) electrons. The van der Waals surface area contributed by atoms with Crippen LogP contribution in [-0.4, -0.2) is 18.0 Å². The Kier molecular flexibility index (Phi) is 4.17. The van der Waals surface area contributed by atoms with Crippen LogP contribution < -0.4 is 0 Å². The fraction of sp³-hybridized carbons (Fsp3) is 0.368. The number of rotatable bonds is 3. The quantitative estimate of drug-likeness (QED) is 0.796. The summed E-state index contributed by atoms with van der Waals surface area (Å²) in [7, 11) is 0. The maximum atomic E-state index is 2.59. The van der Waals surface area contributed by atoms with Crippen molar-refractivity contribution >= 4 is 0 Å². The molecule has 0 saturated carbocycles. The van der Waals surface area contributed by atoms with Crippen molar-refractivity contribution in [1.29, 1.82) is 0 Å². The highest BCUT2D eigenvalue weighted by Gasteiger charge is 2.21. The molecule has 0 bridgehead atoms. The third-order valence-corrected chi connectivity index (χ3v) is 4.46. The first-order chi connectivity index (χ1) is 9.83. The molecule has 0 aliphatic carbocycles. The minimum atomic E-state index is 0.753. The third kappa shape index (κ3) is 3.10. The summed E-state index contributed by atoms with van der Waals surface area (Å²) in [4.78, 5) is 2.59. The van der Waals surface area contributed by atoms with E-state index in [0.717, 1.165) is 12.5 Å². The van der Waals surface area contributed by atoms with Crippen molar-refractivity contribution in [2.45, 2.75) is 32.2 Å². The van der Waals surface area contributed by atoms with E-state index in [1.165, 1.54) is 37.1 Å². The summed E-state index contributed by atoms with van der Waals surface area (Å²) in [5.41, 5.74) is 4.45. The molecule has 1 aliphatic heterocycles. The Morgan fingerprint density at radius 2 is 1.55 bits per heavy atom. The van der Waals surface area contributed by atoms with Crippen molar-refractivity contribution in [1.82, 2.24) is 4.90 Å². The highest BCUT2D eigenvalue weighted by atomic mass is 15.1. The van der Waals surface area contributed by atoms with Gasteiger partial charge in [0.05, 0.1) is 0 Å². The summed E-state index contributed by atoms with van der Waals surface area (Å²) >= 11 is 0. The molecule has 3 rings (SSSR count). The standard InChI is InChI=1S/C19H23N/c1-16-7-5-6-10-19(16)18-11-13-20(14-12-18)15-17-8-3-2-4-9-17/h2-10,18H,11-15H2,1H3. The number of benzene rings is 2. The van der Waals surface area contributed by atoms with Gasteiger partial charge in [-0.3, -0.25) is 4.90 Å². The number of hydrogen-bond acceptors (Lipinski definition) is 1. The minimum absolute atomic E-state index is 0.753. The van der Waals surface area contributed by atoms with Crippen LogP contribution in [0.2, 0.25) is 0 Å². The molecule has 20 heavy (non-hydrogen) atoms. The topological polar surface area (TPSA) is 3.24 Å². The lowest BCUT2D eigenvalue weighted by atomic mass is 9.87. The van der Waals surface area contributed by atoms with Gasteiger partial charge in [-0.25, -0.2) is 0 Å². The summed E-state index contributed by atoms with van der Waals surface area (Å²) in [5.74, 6) is 0.753. The molecule has 0 amide bonds. The smallest absolute Gasteiger partial charge is 0.0233 e. The second-order valence-corrected chi connectivity index (χ2v) is 5.89. The fourth-order valence-electron chi connectivity index (χ4n) is 3.29. The molecular formula is C19H23N. The Morgan fingerprint density at radius 1 is 0.900 bits per heavy atom. The van der Waals surface area contributed by atoms with Crippen LogP contribution in [0.3, 0.4) is 0 Å². The molecule has 1 heteroatoms. The van der Waals surface area contributed by atoms with Crippen LogP contribution in [0.1, 0.15) is 35.4 Å². The number of piperidine rings is 1. The van der Waals surface area contributed by atoms with Gasteiger partial charge in [0.15, 0.2) is 0 Å². The molecule has 1 nitrogen and oxygen atoms in total. The molecule has 104 valence electrons. The Hall–Kier alpha value is -1.60. The van der Waals surface area contributed by atoms with Crippen LogP contribution in [0, 0.1) is 6.92 Å². The van der Waals surface area contributed by atoms with Gasteiger partial charge in [-0.15, -0.1) is 0 Å². The van der Waals surface area contributed by atoms with Crippen molar-refractivity contribution < 1.29 is 0 Å². The van der Waals surface area contributed by atoms with Gasteiger partial charge < -0.3 is 0 Å². The average molecular weight is 265 g/mol. The zero-order chi connectivity index (χ0) is 13.8. The van der Waals surface area contributed by atoms with Gasteiger partial charge in [-0.1, -0.05) is 54.6 Å². The summed E-state index contributed by atoms with van der Waals surface area (Å²) in [6.07, 6.45) is 2.58. The van der Waals surface area contributed by atoms with E-state index in [2.05, 4.69) is 66.4 Å². The van der Waals surface area contributed by atoms with Crippen LogP contribution in [0.15, 0.2) is 54.6 Å². The van der Waals surface area contributed by atoms with E-state index in [9.17, 15) is 0 Å². The van der Waals surface area contributed by atoms with E-state index in [1.54, 1.807) is 5.56 Å². The molecule has 2 aromatic carbocycles. The van der Waals surface area contributed by atoms with Crippen LogP contribution >= 0.6 is 0 Å². The summed E-state index contributed by atoms with van der Waals surface area (Å²) in [6.45, 7) is 5.77. The molecular weight excluding hydrogens is 242 g/mol. The maximum Gasteiger partial charge on any atom is 0.0233 e. The van der Waals surface area contributed by atoms with E-state index in [0.29, 0.717) is 0 Å². The predicted octanol–water partition coefficient (Wildman–Crippen LogP) is 4.37. The Balaban J connectivity index is 1.59. The van der Waals surface area contributed by atoms with Gasteiger partial charge in [-0.05, 0) is 55.5 Å². The first-order valence-corrected chi connectivity index (χ1v) is 7.65. The predicted molar refractivity (Wildman–Crippen MR) is 84.9 cm³/mol. The third-order valence-electron chi connectivity index (χ3n) is 4.46. The van der Waals surface area contributed by atoms with E-state index >= 15 is 0 Å². The van der Waals surface area contributed by atoms with Crippen LogP contribution in [-0.2, 0) is 6.54 Å². The Labute approximate surface area is 122 Å². The molecule has 0 spiro atoms. The first kappa shape index (κ1) is 13.4. The van der Waals surface area contributed by atoms with Gasteiger partial charge >= 0.3 is 0 Å². The Bertz CT molecular complexity index is 539. The molecule has 1 saturated heterocycles. The molecule has 1 fully saturated rings. The van der Waals surface area contributed by atoms with Crippen molar-refractivity contribution in [2.75, 3.05) is 13.1 Å². The number of hydrogen-bond donors (Lipinski definition) is 0. The normalized spacial score (nSPS) is 17.2. The lowest BCUT2D eigenvalue weighted by Crippen LogP contribution is -2.32. The largest absolute Gasteiger partial charge is 0.299 e. The number of likely N-dealkylation sites (tertiary alicyclic amines) is 1. The van der Waals surface area contributed by atoms with Gasteiger partial charge in [0, 0.05) is 6.54 Å². The van der Waals surface area contributed by atoms with Crippen LogP contribution in [0.5, 0.6) is 0 Å². The molecule has 2 aromatic rings. The molecule has 0 aromatic heterocycles. The Morgan fingerprint density at radius 3 is 2.25 bits per heavy atom. The van der Waals surface area contributed by atoms with Crippen molar-refractivity contribution in [2.24, 2.45) is 0 Å². The second-order valence-electron chi connectivity index (χ2n) is 5.89. The second kappa shape index (κ2) is 6.23. The van der Waals surface area contributed by atoms with E-state index in [-0.39, 0.29) is 0 Å². The fourth-order valence-corrected chi connectivity index (χ4v) is 3.29.